The van der Waals surface area contributed by atoms with Crippen molar-refractivity contribution in [1.82, 2.24) is 29.9 Å². The summed E-state index contributed by atoms with van der Waals surface area (Å²) in [4.78, 5) is 42.7. The summed E-state index contributed by atoms with van der Waals surface area (Å²) in [5.41, 5.74) is 6.71. The molecule has 1 aromatic heterocycles. The second-order valence-electron chi connectivity index (χ2n) is 11.4. The molecule has 1 fully saturated rings. The Kier molecular flexibility index (Phi) is 9.65. The smallest absolute Gasteiger partial charge is 0.351 e. The standard InChI is InChI=1S/C30H31F6N7O3/c31-20-15-22(33)21(32)13-18(20)12-19(14-26(44)41-9-10-43-25(16-41)39-40-29(43)30(34,35)36)38-27(45)24-7-4-8-42(24)28(46)23(37)11-17-5-2-1-3-6-17/h1-3,5-6,13,15,19,23-24H,4,7-12,14,16,37H2,(H,38,45). The van der Waals surface area contributed by atoms with Crippen LogP contribution in [0.2, 0.25) is 0 Å². The lowest BCUT2D eigenvalue weighted by atomic mass is 10.0. The largest absolute Gasteiger partial charge is 0.451 e. The molecule has 0 spiro atoms. The van der Waals surface area contributed by atoms with E-state index in [1.54, 1.807) is 0 Å². The van der Waals surface area contributed by atoms with Crippen molar-refractivity contribution in [3.8, 4) is 0 Å². The molecule has 3 atom stereocenters. The third-order valence-electron chi connectivity index (χ3n) is 8.14. The lowest BCUT2D eigenvalue weighted by molar-refractivity contribution is -0.148. The predicted octanol–water partition coefficient (Wildman–Crippen LogP) is 2.74. The van der Waals surface area contributed by atoms with Gasteiger partial charge in [0.2, 0.25) is 23.5 Å². The van der Waals surface area contributed by atoms with Crippen LogP contribution < -0.4 is 11.1 Å². The Morgan fingerprint density at radius 3 is 2.39 bits per heavy atom. The Morgan fingerprint density at radius 2 is 1.67 bits per heavy atom. The average molecular weight is 652 g/mol. The van der Waals surface area contributed by atoms with Crippen molar-refractivity contribution in [2.75, 3.05) is 13.1 Å². The maximum absolute atomic E-state index is 14.6. The second-order valence-corrected chi connectivity index (χ2v) is 11.4. The molecule has 3 heterocycles. The number of nitrogens with two attached hydrogens (primary N) is 1. The summed E-state index contributed by atoms with van der Waals surface area (Å²) in [7, 11) is 0. The fourth-order valence-corrected chi connectivity index (χ4v) is 5.85. The molecular weight excluding hydrogens is 620 g/mol. The molecule has 2 aromatic carbocycles. The lowest BCUT2D eigenvalue weighted by Crippen LogP contribution is -2.54. The summed E-state index contributed by atoms with van der Waals surface area (Å²) < 4.78 is 82.8. The first kappa shape index (κ1) is 32.9. The Bertz CT molecular complexity index is 1600. The van der Waals surface area contributed by atoms with Crippen LogP contribution >= 0.6 is 0 Å². The van der Waals surface area contributed by atoms with Crippen molar-refractivity contribution in [2.24, 2.45) is 5.73 Å². The highest BCUT2D eigenvalue weighted by Crippen LogP contribution is 2.30. The number of rotatable bonds is 9. The van der Waals surface area contributed by atoms with Crippen LogP contribution in [-0.2, 0) is 46.5 Å². The first-order valence-electron chi connectivity index (χ1n) is 14.6. The number of alkyl halides is 3. The maximum atomic E-state index is 14.6. The van der Waals surface area contributed by atoms with Gasteiger partial charge in [-0.25, -0.2) is 13.2 Å². The van der Waals surface area contributed by atoms with Crippen LogP contribution in [0.4, 0.5) is 26.3 Å². The molecule has 0 radical (unpaired) electrons. The molecule has 5 rings (SSSR count). The van der Waals surface area contributed by atoms with E-state index in [1.165, 1.54) is 9.80 Å². The maximum Gasteiger partial charge on any atom is 0.451 e. The minimum absolute atomic E-state index is 0.0916. The van der Waals surface area contributed by atoms with Crippen LogP contribution in [0.5, 0.6) is 0 Å². The van der Waals surface area contributed by atoms with Gasteiger partial charge in [-0.1, -0.05) is 30.3 Å². The molecule has 0 bridgehead atoms. The van der Waals surface area contributed by atoms with Crippen molar-refractivity contribution >= 4 is 17.7 Å². The zero-order valence-corrected chi connectivity index (χ0v) is 24.4. The molecule has 3 unspecified atom stereocenters. The fourth-order valence-electron chi connectivity index (χ4n) is 5.85. The Hall–Kier alpha value is -4.47. The van der Waals surface area contributed by atoms with E-state index in [4.69, 9.17) is 5.73 Å². The molecule has 0 saturated carbocycles. The lowest BCUT2D eigenvalue weighted by Gasteiger charge is -2.31. The summed E-state index contributed by atoms with van der Waals surface area (Å²) in [6, 6.07) is 7.04. The van der Waals surface area contributed by atoms with Crippen molar-refractivity contribution in [3.05, 3.63) is 82.7 Å². The van der Waals surface area contributed by atoms with E-state index in [1.807, 2.05) is 30.3 Å². The highest BCUT2D eigenvalue weighted by Gasteiger charge is 2.41. The minimum atomic E-state index is -4.73. The zero-order chi connectivity index (χ0) is 33.2. The molecule has 1 saturated heterocycles. The molecule has 10 nitrogen and oxygen atoms in total. The molecule has 246 valence electrons. The zero-order valence-electron chi connectivity index (χ0n) is 24.4. The van der Waals surface area contributed by atoms with Gasteiger partial charge in [0.1, 0.15) is 11.9 Å². The summed E-state index contributed by atoms with van der Waals surface area (Å²) in [5, 5.41) is 9.41. The van der Waals surface area contributed by atoms with E-state index < -0.39 is 78.1 Å². The molecule has 46 heavy (non-hydrogen) atoms. The highest BCUT2D eigenvalue weighted by molar-refractivity contribution is 5.91. The summed E-state index contributed by atoms with van der Waals surface area (Å²) in [6.07, 6.45) is -4.58. The number of nitrogens with one attached hydrogen (secondary N) is 1. The van der Waals surface area contributed by atoms with Gasteiger partial charge in [0.25, 0.3) is 0 Å². The van der Waals surface area contributed by atoms with Gasteiger partial charge >= 0.3 is 6.18 Å². The first-order valence-corrected chi connectivity index (χ1v) is 14.6. The Morgan fingerprint density at radius 1 is 0.957 bits per heavy atom. The quantitative estimate of drug-likeness (QED) is 0.271. The number of aromatic nitrogens is 3. The van der Waals surface area contributed by atoms with Gasteiger partial charge in [0.15, 0.2) is 17.5 Å². The van der Waals surface area contributed by atoms with Crippen molar-refractivity contribution in [2.45, 2.75) is 69.5 Å². The van der Waals surface area contributed by atoms with E-state index in [2.05, 4.69) is 15.5 Å². The molecular formula is C30H31F6N7O3. The SMILES string of the molecule is NC(Cc1ccccc1)C(=O)N1CCCC1C(=O)NC(CC(=O)N1CCn2c(nnc2C(F)(F)F)C1)Cc1cc(F)c(F)cc1F. The number of carbonyl (C=O) groups is 3. The number of hydrogen-bond donors (Lipinski definition) is 2. The summed E-state index contributed by atoms with van der Waals surface area (Å²) >= 11 is 0. The Labute approximate surface area is 259 Å². The van der Waals surface area contributed by atoms with Crippen LogP contribution in [0.1, 0.15) is 42.0 Å². The molecule has 3 aromatic rings. The third-order valence-corrected chi connectivity index (χ3v) is 8.14. The van der Waals surface area contributed by atoms with Gasteiger partial charge in [0.05, 0.1) is 12.6 Å². The van der Waals surface area contributed by atoms with E-state index in [0.717, 1.165) is 10.1 Å². The summed E-state index contributed by atoms with van der Waals surface area (Å²) in [5.74, 6) is -6.83. The van der Waals surface area contributed by atoms with Crippen molar-refractivity contribution < 1.29 is 40.7 Å². The molecule has 0 aliphatic carbocycles. The van der Waals surface area contributed by atoms with Gasteiger partial charge in [-0.3, -0.25) is 14.4 Å². The van der Waals surface area contributed by atoms with Crippen LogP contribution in [0.15, 0.2) is 42.5 Å². The number of likely N-dealkylation sites (tertiary alicyclic amines) is 1. The van der Waals surface area contributed by atoms with Crippen LogP contribution in [0, 0.1) is 17.5 Å². The van der Waals surface area contributed by atoms with Crippen LogP contribution in [0.3, 0.4) is 0 Å². The molecule has 16 heteroatoms. The van der Waals surface area contributed by atoms with Gasteiger partial charge in [-0.2, -0.15) is 13.2 Å². The number of carbonyl (C=O) groups excluding carboxylic acids is 3. The average Bonchev–Trinajstić information content (AvgIpc) is 3.67. The van der Waals surface area contributed by atoms with E-state index in [0.29, 0.717) is 25.0 Å². The minimum Gasteiger partial charge on any atom is -0.351 e. The number of benzene rings is 2. The third kappa shape index (κ3) is 7.32. The number of fused-ring (bicyclic) bond motifs is 1. The van der Waals surface area contributed by atoms with E-state index in [-0.39, 0.29) is 44.0 Å². The number of hydrogen-bond acceptors (Lipinski definition) is 6. The second kappa shape index (κ2) is 13.5. The van der Waals surface area contributed by atoms with Gasteiger partial charge in [-0.15, -0.1) is 10.2 Å². The fraction of sp³-hybridized carbons (Fsp3) is 0.433. The summed E-state index contributed by atoms with van der Waals surface area (Å²) in [6.45, 7) is -0.404. The number of halogens is 6. The molecule has 3 N–H and O–H groups in total. The highest BCUT2D eigenvalue weighted by atomic mass is 19.4. The molecule has 2 aliphatic heterocycles. The number of amides is 3. The van der Waals surface area contributed by atoms with Gasteiger partial charge in [-0.05, 0) is 42.9 Å². The topological polar surface area (TPSA) is 126 Å². The van der Waals surface area contributed by atoms with Gasteiger partial charge < -0.3 is 25.4 Å². The van der Waals surface area contributed by atoms with Crippen molar-refractivity contribution in [3.63, 3.8) is 0 Å². The van der Waals surface area contributed by atoms with Gasteiger partial charge in [0, 0.05) is 38.2 Å². The normalized spacial score (nSPS) is 17.8. The molecule has 2 aliphatic rings. The monoisotopic (exact) mass is 651 g/mol. The van der Waals surface area contributed by atoms with E-state index >= 15 is 0 Å². The van der Waals surface area contributed by atoms with Crippen molar-refractivity contribution in [1.29, 1.82) is 0 Å². The number of nitrogens with zero attached hydrogens (tertiary/aromatic N) is 5. The molecule has 3 amide bonds. The first-order chi connectivity index (χ1) is 21.8. The Balaban J connectivity index is 1.31. The van der Waals surface area contributed by atoms with Crippen LogP contribution in [0.25, 0.3) is 0 Å². The predicted molar refractivity (Wildman–Crippen MR) is 150 cm³/mol. The van der Waals surface area contributed by atoms with E-state index in [9.17, 15) is 40.7 Å². The van der Waals surface area contributed by atoms with Crippen LogP contribution in [-0.4, -0.2) is 73.5 Å².